The summed E-state index contributed by atoms with van der Waals surface area (Å²) in [6.45, 7) is 4.01. The monoisotopic (exact) mass is 463 g/mol. The van der Waals surface area contributed by atoms with Gasteiger partial charge in [-0.1, -0.05) is 23.7 Å². The van der Waals surface area contributed by atoms with E-state index in [0.29, 0.717) is 18.5 Å². The zero-order valence-electron chi connectivity index (χ0n) is 17.2. The highest BCUT2D eigenvalue weighted by atomic mass is 35.5. The van der Waals surface area contributed by atoms with Crippen molar-refractivity contribution in [2.24, 2.45) is 5.92 Å². The predicted octanol–water partition coefficient (Wildman–Crippen LogP) is 4.32. The number of hydrogen-bond donors (Lipinski definition) is 1. The largest absolute Gasteiger partial charge is 0.326 e. The fraction of sp³-hybridized carbons (Fsp3) is 0.364. The summed E-state index contributed by atoms with van der Waals surface area (Å²) in [6.07, 6.45) is 0.749. The third kappa shape index (κ3) is 5.06. The van der Waals surface area contributed by atoms with Crippen LogP contribution in [0.15, 0.2) is 47.4 Å². The van der Waals surface area contributed by atoms with Crippen LogP contribution in [-0.2, 0) is 20.2 Å². The average Bonchev–Trinajstić information content (AvgIpc) is 2.76. The van der Waals surface area contributed by atoms with Crippen LogP contribution in [0.1, 0.15) is 32.3 Å². The number of nitriles is 1. The molecule has 164 valence electrons. The first-order valence-electron chi connectivity index (χ1n) is 9.82. The lowest BCUT2D eigenvalue weighted by Crippen LogP contribution is -2.41. The maximum absolute atomic E-state index is 13.3. The standard InChI is InChI=1S/C22H23ClFN3O3S/c1-22(2,14-25)16-3-5-17(6-4-16)26-21(28)15-9-11-27(12-10-15)31(29,30)18-7-8-20(24)19(23)13-18/h3-8,13,15H,9-12H2,1-2H3,(H,26,28). The van der Waals surface area contributed by atoms with Crippen LogP contribution < -0.4 is 5.32 Å². The molecular formula is C22H23ClFN3O3S. The number of piperidine rings is 1. The number of benzene rings is 2. The molecule has 0 atom stereocenters. The zero-order chi connectivity index (χ0) is 22.8. The van der Waals surface area contributed by atoms with E-state index in [1.165, 1.54) is 10.4 Å². The Balaban J connectivity index is 1.61. The van der Waals surface area contributed by atoms with Gasteiger partial charge in [0.2, 0.25) is 15.9 Å². The summed E-state index contributed by atoms with van der Waals surface area (Å²) in [4.78, 5) is 12.6. The van der Waals surface area contributed by atoms with Gasteiger partial charge < -0.3 is 5.32 Å². The van der Waals surface area contributed by atoms with E-state index in [-0.39, 0.29) is 34.8 Å². The number of hydrogen-bond acceptors (Lipinski definition) is 4. The van der Waals surface area contributed by atoms with Crippen LogP contribution in [-0.4, -0.2) is 31.7 Å². The van der Waals surface area contributed by atoms with E-state index in [4.69, 9.17) is 11.6 Å². The first-order chi connectivity index (χ1) is 14.5. The van der Waals surface area contributed by atoms with Gasteiger partial charge in [0.05, 0.1) is 21.4 Å². The van der Waals surface area contributed by atoms with Gasteiger partial charge in [-0.05, 0) is 62.6 Å². The Labute approximate surface area is 186 Å². The van der Waals surface area contributed by atoms with Gasteiger partial charge in [-0.3, -0.25) is 4.79 Å². The molecule has 1 amide bonds. The summed E-state index contributed by atoms with van der Waals surface area (Å²) in [7, 11) is -3.81. The molecule has 1 N–H and O–H groups in total. The lowest BCUT2D eigenvalue weighted by Gasteiger charge is -2.30. The predicted molar refractivity (Wildman–Crippen MR) is 117 cm³/mol. The van der Waals surface area contributed by atoms with Crippen molar-refractivity contribution in [1.82, 2.24) is 4.31 Å². The van der Waals surface area contributed by atoms with Crippen molar-refractivity contribution in [2.45, 2.75) is 37.0 Å². The Kier molecular flexibility index (Phi) is 6.70. The molecule has 6 nitrogen and oxygen atoms in total. The zero-order valence-corrected chi connectivity index (χ0v) is 18.8. The van der Waals surface area contributed by atoms with Crippen LogP contribution in [0.2, 0.25) is 5.02 Å². The Morgan fingerprint density at radius 3 is 2.35 bits per heavy atom. The third-order valence-corrected chi connectivity index (χ3v) is 7.69. The topological polar surface area (TPSA) is 90.3 Å². The minimum Gasteiger partial charge on any atom is -0.326 e. The average molecular weight is 464 g/mol. The van der Waals surface area contributed by atoms with Crippen LogP contribution in [0.3, 0.4) is 0 Å². The number of carbonyl (C=O) groups is 1. The van der Waals surface area contributed by atoms with Crippen molar-refractivity contribution >= 4 is 33.2 Å². The quantitative estimate of drug-likeness (QED) is 0.714. The molecule has 1 heterocycles. The van der Waals surface area contributed by atoms with Gasteiger partial charge in [-0.15, -0.1) is 0 Å². The number of halogens is 2. The molecule has 1 aliphatic heterocycles. The second-order valence-corrected chi connectivity index (χ2v) is 10.4. The highest BCUT2D eigenvalue weighted by Crippen LogP contribution is 2.28. The van der Waals surface area contributed by atoms with Gasteiger partial charge in [0, 0.05) is 24.7 Å². The van der Waals surface area contributed by atoms with E-state index in [9.17, 15) is 22.9 Å². The molecule has 1 fully saturated rings. The van der Waals surface area contributed by atoms with E-state index in [2.05, 4.69) is 11.4 Å². The van der Waals surface area contributed by atoms with Gasteiger partial charge in [-0.2, -0.15) is 9.57 Å². The third-order valence-electron chi connectivity index (χ3n) is 5.51. The number of nitrogens with zero attached hydrogens (tertiary/aromatic N) is 2. The van der Waals surface area contributed by atoms with Crippen LogP contribution in [0.4, 0.5) is 10.1 Å². The van der Waals surface area contributed by atoms with E-state index in [1.54, 1.807) is 12.1 Å². The molecule has 3 rings (SSSR count). The molecule has 0 aromatic heterocycles. The molecule has 2 aromatic carbocycles. The molecular weight excluding hydrogens is 441 g/mol. The number of rotatable bonds is 5. The summed E-state index contributed by atoms with van der Waals surface area (Å²) >= 11 is 5.72. The minimum atomic E-state index is -3.81. The van der Waals surface area contributed by atoms with Crippen molar-refractivity contribution in [3.8, 4) is 6.07 Å². The molecule has 0 spiro atoms. The van der Waals surface area contributed by atoms with Crippen molar-refractivity contribution < 1.29 is 17.6 Å². The lowest BCUT2D eigenvalue weighted by atomic mass is 9.86. The summed E-state index contributed by atoms with van der Waals surface area (Å²) < 4.78 is 40.2. The van der Waals surface area contributed by atoms with Crippen LogP contribution in [0.5, 0.6) is 0 Å². The molecule has 9 heteroatoms. The molecule has 0 aliphatic carbocycles. The molecule has 31 heavy (non-hydrogen) atoms. The second-order valence-electron chi connectivity index (χ2n) is 8.06. The maximum atomic E-state index is 13.3. The van der Waals surface area contributed by atoms with Crippen molar-refractivity contribution in [3.63, 3.8) is 0 Å². The first-order valence-corrected chi connectivity index (χ1v) is 11.6. The molecule has 1 aliphatic rings. The fourth-order valence-electron chi connectivity index (χ4n) is 3.42. The van der Waals surface area contributed by atoms with Crippen LogP contribution >= 0.6 is 11.6 Å². The number of carbonyl (C=O) groups excluding carboxylic acids is 1. The summed E-state index contributed by atoms with van der Waals surface area (Å²) in [6, 6.07) is 12.7. The van der Waals surface area contributed by atoms with Crippen LogP contribution in [0.25, 0.3) is 0 Å². The highest BCUT2D eigenvalue weighted by molar-refractivity contribution is 7.89. The van der Waals surface area contributed by atoms with E-state index >= 15 is 0 Å². The van der Waals surface area contributed by atoms with Gasteiger partial charge in [0.25, 0.3) is 0 Å². The molecule has 0 bridgehead atoms. The number of sulfonamides is 1. The molecule has 0 unspecified atom stereocenters. The van der Waals surface area contributed by atoms with Crippen molar-refractivity contribution in [3.05, 3.63) is 58.9 Å². The number of anilines is 1. The number of nitrogens with one attached hydrogen (secondary N) is 1. The van der Waals surface area contributed by atoms with Crippen LogP contribution in [0, 0.1) is 23.1 Å². The molecule has 0 saturated carbocycles. The highest BCUT2D eigenvalue weighted by Gasteiger charge is 2.32. The molecule has 2 aromatic rings. The number of amides is 1. The minimum absolute atomic E-state index is 0.0674. The van der Waals surface area contributed by atoms with Crippen molar-refractivity contribution in [1.29, 1.82) is 5.26 Å². The summed E-state index contributed by atoms with van der Waals surface area (Å²) in [5, 5.41) is 11.8. The van der Waals surface area contributed by atoms with Gasteiger partial charge in [0.15, 0.2) is 0 Å². The van der Waals surface area contributed by atoms with Crippen molar-refractivity contribution in [2.75, 3.05) is 18.4 Å². The van der Waals surface area contributed by atoms with Gasteiger partial charge in [0.1, 0.15) is 5.82 Å². The maximum Gasteiger partial charge on any atom is 0.243 e. The SMILES string of the molecule is CC(C)(C#N)c1ccc(NC(=O)C2CCN(S(=O)(=O)c3ccc(F)c(Cl)c3)CC2)cc1. The molecule has 1 saturated heterocycles. The Hall–Kier alpha value is -2.47. The Morgan fingerprint density at radius 1 is 1.19 bits per heavy atom. The lowest BCUT2D eigenvalue weighted by molar-refractivity contribution is -0.120. The first kappa shape index (κ1) is 23.2. The second kappa shape index (κ2) is 8.95. The fourth-order valence-corrected chi connectivity index (χ4v) is 5.17. The Morgan fingerprint density at radius 2 is 1.81 bits per heavy atom. The normalized spacial score (nSPS) is 16.0. The molecule has 0 radical (unpaired) electrons. The smallest absolute Gasteiger partial charge is 0.243 e. The van der Waals surface area contributed by atoms with Gasteiger partial charge in [-0.25, -0.2) is 12.8 Å². The van der Waals surface area contributed by atoms with E-state index in [1.807, 2.05) is 26.0 Å². The van der Waals surface area contributed by atoms with Gasteiger partial charge >= 0.3 is 0 Å². The van der Waals surface area contributed by atoms with E-state index < -0.39 is 21.3 Å². The summed E-state index contributed by atoms with van der Waals surface area (Å²) in [5.41, 5.74) is 0.862. The Bertz CT molecular complexity index is 1120. The summed E-state index contributed by atoms with van der Waals surface area (Å²) in [5.74, 6) is -1.17. The van der Waals surface area contributed by atoms with E-state index in [0.717, 1.165) is 17.7 Å².